The van der Waals surface area contributed by atoms with Gasteiger partial charge in [-0.1, -0.05) is 30.3 Å². The molecule has 0 amide bonds. The molecule has 84 valence electrons. The fourth-order valence-electron chi connectivity index (χ4n) is 1.29. The van der Waals surface area contributed by atoms with E-state index < -0.39 is 5.97 Å². The van der Waals surface area contributed by atoms with Crippen LogP contribution in [-0.2, 0) is 4.74 Å². The number of pyridine rings is 1. The van der Waals surface area contributed by atoms with Gasteiger partial charge in [0.2, 0.25) is 0 Å². The van der Waals surface area contributed by atoms with E-state index in [1.165, 1.54) is 12.5 Å². The van der Waals surface area contributed by atoms with E-state index in [4.69, 9.17) is 4.74 Å². The van der Waals surface area contributed by atoms with Crippen molar-refractivity contribution in [2.24, 2.45) is 0 Å². The molecule has 0 fully saturated rings. The largest absolute Gasteiger partial charge is 0.431 e. The van der Waals surface area contributed by atoms with Gasteiger partial charge in [0.1, 0.15) is 0 Å². The lowest BCUT2D eigenvalue weighted by Crippen LogP contribution is -2.00. The summed E-state index contributed by atoms with van der Waals surface area (Å²) in [4.78, 5) is 15.4. The number of carbonyl (C=O) groups is 1. The van der Waals surface area contributed by atoms with Crippen molar-refractivity contribution in [2.45, 2.75) is 0 Å². The Hall–Kier alpha value is -2.42. The molecule has 17 heavy (non-hydrogen) atoms. The Bertz CT molecular complexity index is 506. The molecule has 0 saturated heterocycles. The van der Waals surface area contributed by atoms with Crippen LogP contribution in [0.15, 0.2) is 61.1 Å². The number of ether oxygens (including phenoxy) is 1. The zero-order valence-electron chi connectivity index (χ0n) is 9.11. The Morgan fingerprint density at radius 3 is 2.65 bits per heavy atom. The molecule has 0 aliphatic carbocycles. The Morgan fingerprint density at radius 2 is 1.94 bits per heavy atom. The minimum atomic E-state index is -0.412. The van der Waals surface area contributed by atoms with Crippen LogP contribution in [0.25, 0.3) is 6.08 Å². The Balaban J connectivity index is 1.95. The minimum Gasteiger partial charge on any atom is -0.431 e. The molecule has 1 aromatic heterocycles. The third-order valence-corrected chi connectivity index (χ3v) is 2.13. The number of hydrogen-bond donors (Lipinski definition) is 0. The van der Waals surface area contributed by atoms with Crippen LogP contribution in [0.3, 0.4) is 0 Å². The summed E-state index contributed by atoms with van der Waals surface area (Å²) >= 11 is 0. The smallest absolute Gasteiger partial charge is 0.344 e. The van der Waals surface area contributed by atoms with Crippen LogP contribution >= 0.6 is 0 Å². The number of benzene rings is 1. The second-order valence-electron chi connectivity index (χ2n) is 3.36. The topological polar surface area (TPSA) is 39.2 Å². The summed E-state index contributed by atoms with van der Waals surface area (Å²) in [5.41, 5.74) is 1.41. The molecule has 1 aromatic carbocycles. The normalized spacial score (nSPS) is 10.4. The van der Waals surface area contributed by atoms with Crippen molar-refractivity contribution in [2.75, 3.05) is 0 Å². The average Bonchev–Trinajstić information content (AvgIpc) is 2.41. The molecule has 0 atom stereocenters. The predicted molar refractivity (Wildman–Crippen MR) is 65.1 cm³/mol. The van der Waals surface area contributed by atoms with E-state index in [1.54, 1.807) is 24.4 Å². The first-order valence-electron chi connectivity index (χ1n) is 5.19. The number of nitrogens with zero attached hydrogens (tertiary/aromatic N) is 1. The molecule has 0 radical (unpaired) electrons. The van der Waals surface area contributed by atoms with Gasteiger partial charge < -0.3 is 4.74 Å². The SMILES string of the molecule is O=C(OC=Cc1ccccc1)c1cccnc1. The molecule has 0 spiro atoms. The van der Waals surface area contributed by atoms with Gasteiger partial charge in [-0.25, -0.2) is 4.79 Å². The van der Waals surface area contributed by atoms with Crippen molar-refractivity contribution in [1.82, 2.24) is 4.98 Å². The van der Waals surface area contributed by atoms with Crippen LogP contribution in [0, 0.1) is 0 Å². The Morgan fingerprint density at radius 1 is 1.12 bits per heavy atom. The van der Waals surface area contributed by atoms with E-state index in [-0.39, 0.29) is 0 Å². The van der Waals surface area contributed by atoms with Gasteiger partial charge in [0, 0.05) is 12.4 Å². The molecular weight excluding hydrogens is 214 g/mol. The lowest BCUT2D eigenvalue weighted by Gasteiger charge is -1.97. The van der Waals surface area contributed by atoms with E-state index in [1.807, 2.05) is 30.3 Å². The highest BCUT2D eigenvalue weighted by molar-refractivity contribution is 5.89. The minimum absolute atomic E-state index is 0.412. The van der Waals surface area contributed by atoms with E-state index in [2.05, 4.69) is 4.98 Å². The van der Waals surface area contributed by atoms with Crippen LogP contribution in [0.5, 0.6) is 0 Å². The number of hydrogen-bond acceptors (Lipinski definition) is 3. The molecule has 0 aliphatic heterocycles. The fourth-order valence-corrected chi connectivity index (χ4v) is 1.29. The van der Waals surface area contributed by atoms with Crippen molar-refractivity contribution in [1.29, 1.82) is 0 Å². The van der Waals surface area contributed by atoms with Crippen LogP contribution in [0.2, 0.25) is 0 Å². The number of aromatic nitrogens is 1. The molecule has 3 heteroatoms. The molecule has 0 unspecified atom stereocenters. The summed E-state index contributed by atoms with van der Waals surface area (Å²) in [5, 5.41) is 0. The zero-order valence-corrected chi connectivity index (χ0v) is 9.11. The van der Waals surface area contributed by atoms with Gasteiger partial charge in [-0.15, -0.1) is 0 Å². The predicted octanol–water partition coefficient (Wildman–Crippen LogP) is 2.91. The maximum atomic E-state index is 11.5. The second-order valence-corrected chi connectivity index (χ2v) is 3.36. The molecule has 1 heterocycles. The third-order valence-electron chi connectivity index (χ3n) is 2.13. The standard InChI is InChI=1S/C14H11NO2/c16-14(13-7-4-9-15-11-13)17-10-8-12-5-2-1-3-6-12/h1-11H. The van der Waals surface area contributed by atoms with Crippen LogP contribution in [-0.4, -0.2) is 11.0 Å². The Kier molecular flexibility index (Phi) is 3.65. The van der Waals surface area contributed by atoms with Gasteiger partial charge in [0.15, 0.2) is 0 Å². The maximum absolute atomic E-state index is 11.5. The second kappa shape index (κ2) is 5.61. The number of esters is 1. The first-order chi connectivity index (χ1) is 8.36. The third kappa shape index (κ3) is 3.28. The van der Waals surface area contributed by atoms with Crippen molar-refractivity contribution in [3.8, 4) is 0 Å². The number of rotatable bonds is 3. The van der Waals surface area contributed by atoms with Gasteiger partial charge in [0.05, 0.1) is 11.8 Å². The van der Waals surface area contributed by atoms with Crippen molar-refractivity contribution in [3.63, 3.8) is 0 Å². The molecule has 0 N–H and O–H groups in total. The van der Waals surface area contributed by atoms with Crippen LogP contribution < -0.4 is 0 Å². The molecule has 0 saturated carbocycles. The zero-order chi connectivity index (χ0) is 11.9. The summed E-state index contributed by atoms with van der Waals surface area (Å²) in [6.07, 6.45) is 6.19. The molecule has 2 rings (SSSR count). The van der Waals surface area contributed by atoms with Crippen LogP contribution in [0.4, 0.5) is 0 Å². The molecule has 3 nitrogen and oxygen atoms in total. The summed E-state index contributed by atoms with van der Waals surface area (Å²) < 4.78 is 4.97. The van der Waals surface area contributed by atoms with Gasteiger partial charge in [-0.05, 0) is 23.8 Å². The maximum Gasteiger partial charge on any atom is 0.344 e. The fraction of sp³-hybridized carbons (Fsp3) is 0. The van der Waals surface area contributed by atoms with Crippen molar-refractivity contribution in [3.05, 3.63) is 72.2 Å². The van der Waals surface area contributed by atoms with E-state index in [0.717, 1.165) is 5.56 Å². The van der Waals surface area contributed by atoms with E-state index in [9.17, 15) is 4.79 Å². The summed E-state index contributed by atoms with van der Waals surface area (Å²) in [6, 6.07) is 13.0. The molecule has 0 bridgehead atoms. The van der Waals surface area contributed by atoms with Gasteiger partial charge in [-0.3, -0.25) is 4.98 Å². The number of carbonyl (C=O) groups excluding carboxylic acids is 1. The van der Waals surface area contributed by atoms with Crippen LogP contribution in [0.1, 0.15) is 15.9 Å². The monoisotopic (exact) mass is 225 g/mol. The van der Waals surface area contributed by atoms with Gasteiger partial charge in [0.25, 0.3) is 0 Å². The molecule has 0 aliphatic rings. The highest BCUT2D eigenvalue weighted by atomic mass is 16.5. The summed E-state index contributed by atoms with van der Waals surface area (Å²) in [7, 11) is 0. The summed E-state index contributed by atoms with van der Waals surface area (Å²) in [6.45, 7) is 0. The summed E-state index contributed by atoms with van der Waals surface area (Å²) in [5.74, 6) is -0.412. The lowest BCUT2D eigenvalue weighted by molar-refractivity contribution is 0.0665. The van der Waals surface area contributed by atoms with Gasteiger partial charge >= 0.3 is 5.97 Å². The average molecular weight is 225 g/mol. The highest BCUT2D eigenvalue weighted by Gasteiger charge is 2.03. The van der Waals surface area contributed by atoms with Crippen molar-refractivity contribution < 1.29 is 9.53 Å². The van der Waals surface area contributed by atoms with Crippen molar-refractivity contribution >= 4 is 12.0 Å². The quantitative estimate of drug-likeness (QED) is 0.595. The van der Waals surface area contributed by atoms with Gasteiger partial charge in [-0.2, -0.15) is 0 Å². The van der Waals surface area contributed by atoms with E-state index in [0.29, 0.717) is 5.56 Å². The lowest BCUT2D eigenvalue weighted by atomic mass is 10.2. The van der Waals surface area contributed by atoms with E-state index >= 15 is 0 Å². The Labute approximate surface area is 99.4 Å². The molecular formula is C14H11NO2. The molecule has 2 aromatic rings. The first kappa shape index (κ1) is 11.1. The first-order valence-corrected chi connectivity index (χ1v) is 5.19. The highest BCUT2D eigenvalue weighted by Crippen LogP contribution is 2.03.